The zero-order valence-corrected chi connectivity index (χ0v) is 10.6. The topological polar surface area (TPSA) is 63.8 Å². The van der Waals surface area contributed by atoms with Gasteiger partial charge in [-0.05, 0) is 56.1 Å². The highest BCUT2D eigenvalue weighted by Crippen LogP contribution is 2.16. The van der Waals surface area contributed by atoms with Crippen molar-refractivity contribution in [2.45, 2.75) is 19.8 Å². The summed E-state index contributed by atoms with van der Waals surface area (Å²) in [6.07, 6.45) is 2.01. The molecule has 4 heteroatoms. The van der Waals surface area contributed by atoms with Crippen LogP contribution in [0, 0.1) is 6.92 Å². The number of nitrogens with two attached hydrogens (primary N) is 1. The molecule has 0 radical (unpaired) electrons. The Hall–Kier alpha value is -1.94. The number of benzene rings is 1. The van der Waals surface area contributed by atoms with Gasteiger partial charge in [0.2, 0.25) is 0 Å². The standard InChI is InChI=1S/C14H18N4/c1-11-7-8-14(18-17-11)16-13-6-2-4-12(10-13)5-3-9-15/h2,4,6-8,10H,3,5,9,15H2,1H3,(H,16,18). The summed E-state index contributed by atoms with van der Waals surface area (Å²) in [5, 5.41) is 11.3. The molecule has 0 atom stereocenters. The molecular formula is C14H18N4. The first-order valence-electron chi connectivity index (χ1n) is 6.14. The third-order valence-corrected chi connectivity index (χ3v) is 2.67. The van der Waals surface area contributed by atoms with Gasteiger partial charge in [0, 0.05) is 5.69 Å². The van der Waals surface area contributed by atoms with E-state index in [1.807, 2.05) is 31.2 Å². The van der Waals surface area contributed by atoms with Gasteiger partial charge >= 0.3 is 0 Å². The zero-order valence-electron chi connectivity index (χ0n) is 10.6. The first-order chi connectivity index (χ1) is 8.78. The Morgan fingerprint density at radius 1 is 1.17 bits per heavy atom. The molecule has 0 bridgehead atoms. The van der Waals surface area contributed by atoms with Crippen LogP contribution in [0.1, 0.15) is 17.7 Å². The molecule has 0 saturated heterocycles. The van der Waals surface area contributed by atoms with E-state index in [1.54, 1.807) is 0 Å². The summed E-state index contributed by atoms with van der Waals surface area (Å²) < 4.78 is 0. The van der Waals surface area contributed by atoms with Crippen LogP contribution in [0.2, 0.25) is 0 Å². The van der Waals surface area contributed by atoms with Gasteiger partial charge in [0.15, 0.2) is 5.82 Å². The number of rotatable bonds is 5. The van der Waals surface area contributed by atoms with Crippen molar-refractivity contribution < 1.29 is 0 Å². The van der Waals surface area contributed by atoms with Crippen LogP contribution >= 0.6 is 0 Å². The van der Waals surface area contributed by atoms with E-state index in [2.05, 4.69) is 27.6 Å². The number of nitrogens with zero attached hydrogens (tertiary/aromatic N) is 2. The number of aryl methyl sites for hydroxylation is 2. The monoisotopic (exact) mass is 242 g/mol. The third kappa shape index (κ3) is 3.53. The van der Waals surface area contributed by atoms with E-state index in [-0.39, 0.29) is 0 Å². The van der Waals surface area contributed by atoms with Crippen LogP contribution in [-0.4, -0.2) is 16.7 Å². The third-order valence-electron chi connectivity index (χ3n) is 2.67. The second kappa shape index (κ2) is 6.12. The zero-order chi connectivity index (χ0) is 12.8. The molecule has 2 rings (SSSR count). The van der Waals surface area contributed by atoms with E-state index in [0.717, 1.165) is 36.6 Å². The summed E-state index contributed by atoms with van der Waals surface area (Å²) in [5.74, 6) is 0.761. The molecule has 0 amide bonds. The summed E-state index contributed by atoms with van der Waals surface area (Å²) in [4.78, 5) is 0. The molecule has 0 unspecified atom stereocenters. The fourth-order valence-corrected chi connectivity index (χ4v) is 1.72. The first kappa shape index (κ1) is 12.5. The molecular weight excluding hydrogens is 224 g/mol. The summed E-state index contributed by atoms with van der Waals surface area (Å²) >= 11 is 0. The Balaban J connectivity index is 2.06. The molecule has 18 heavy (non-hydrogen) atoms. The van der Waals surface area contributed by atoms with Gasteiger partial charge in [-0.2, -0.15) is 5.10 Å². The Labute approximate surface area is 107 Å². The average Bonchev–Trinajstić information content (AvgIpc) is 2.40. The molecule has 94 valence electrons. The molecule has 0 aliphatic carbocycles. The summed E-state index contributed by atoms with van der Waals surface area (Å²) in [6.45, 7) is 2.64. The molecule has 0 spiro atoms. The van der Waals surface area contributed by atoms with Crippen LogP contribution in [-0.2, 0) is 6.42 Å². The van der Waals surface area contributed by atoms with E-state index in [4.69, 9.17) is 5.73 Å². The summed E-state index contributed by atoms with van der Waals surface area (Å²) in [5.41, 5.74) is 8.75. The van der Waals surface area contributed by atoms with Gasteiger partial charge in [-0.15, -0.1) is 5.10 Å². The van der Waals surface area contributed by atoms with Gasteiger partial charge in [-0.3, -0.25) is 0 Å². The predicted octanol–water partition coefficient (Wildman–Crippen LogP) is 2.42. The van der Waals surface area contributed by atoms with Gasteiger partial charge in [0.05, 0.1) is 5.69 Å². The lowest BCUT2D eigenvalue weighted by molar-refractivity contribution is 0.833. The Morgan fingerprint density at radius 2 is 2.06 bits per heavy atom. The van der Waals surface area contributed by atoms with Crippen LogP contribution < -0.4 is 11.1 Å². The van der Waals surface area contributed by atoms with Crippen molar-refractivity contribution in [2.75, 3.05) is 11.9 Å². The van der Waals surface area contributed by atoms with E-state index in [1.165, 1.54) is 5.56 Å². The number of hydrogen-bond donors (Lipinski definition) is 2. The van der Waals surface area contributed by atoms with Crippen molar-refractivity contribution in [3.05, 3.63) is 47.7 Å². The Kier molecular flexibility index (Phi) is 4.25. The van der Waals surface area contributed by atoms with E-state index >= 15 is 0 Å². The lowest BCUT2D eigenvalue weighted by Crippen LogP contribution is -2.01. The molecule has 0 saturated carbocycles. The number of anilines is 2. The van der Waals surface area contributed by atoms with Crippen LogP contribution in [0.5, 0.6) is 0 Å². The smallest absolute Gasteiger partial charge is 0.153 e. The highest BCUT2D eigenvalue weighted by Gasteiger charge is 1.98. The highest BCUT2D eigenvalue weighted by molar-refractivity contribution is 5.56. The number of aromatic nitrogens is 2. The molecule has 0 fully saturated rings. The maximum atomic E-state index is 5.52. The lowest BCUT2D eigenvalue weighted by atomic mass is 10.1. The second-order valence-corrected chi connectivity index (χ2v) is 4.28. The Bertz CT molecular complexity index is 493. The van der Waals surface area contributed by atoms with Gasteiger partial charge < -0.3 is 11.1 Å². The van der Waals surface area contributed by atoms with Crippen molar-refractivity contribution >= 4 is 11.5 Å². The van der Waals surface area contributed by atoms with E-state index in [0.29, 0.717) is 0 Å². The molecule has 1 aromatic carbocycles. The molecule has 1 aromatic heterocycles. The SMILES string of the molecule is Cc1ccc(Nc2cccc(CCCN)c2)nn1. The van der Waals surface area contributed by atoms with Crippen molar-refractivity contribution in [3.63, 3.8) is 0 Å². The molecule has 2 aromatic rings. The number of nitrogens with one attached hydrogen (secondary N) is 1. The maximum Gasteiger partial charge on any atom is 0.153 e. The highest BCUT2D eigenvalue weighted by atomic mass is 15.2. The molecule has 0 aliphatic rings. The minimum absolute atomic E-state index is 0.723. The quantitative estimate of drug-likeness (QED) is 0.845. The van der Waals surface area contributed by atoms with Crippen LogP contribution in [0.4, 0.5) is 11.5 Å². The molecule has 0 aliphatic heterocycles. The molecule has 1 heterocycles. The average molecular weight is 242 g/mol. The van der Waals surface area contributed by atoms with Crippen molar-refractivity contribution in [2.24, 2.45) is 5.73 Å². The second-order valence-electron chi connectivity index (χ2n) is 4.28. The van der Waals surface area contributed by atoms with Gasteiger partial charge in [0.25, 0.3) is 0 Å². The fourth-order valence-electron chi connectivity index (χ4n) is 1.72. The van der Waals surface area contributed by atoms with Crippen molar-refractivity contribution in [1.82, 2.24) is 10.2 Å². The Morgan fingerprint density at radius 3 is 2.78 bits per heavy atom. The van der Waals surface area contributed by atoms with Crippen LogP contribution in [0.3, 0.4) is 0 Å². The minimum atomic E-state index is 0.723. The summed E-state index contributed by atoms with van der Waals surface area (Å²) in [6, 6.07) is 12.2. The van der Waals surface area contributed by atoms with Gasteiger partial charge in [-0.1, -0.05) is 12.1 Å². The van der Waals surface area contributed by atoms with E-state index < -0.39 is 0 Å². The number of hydrogen-bond acceptors (Lipinski definition) is 4. The fraction of sp³-hybridized carbons (Fsp3) is 0.286. The molecule has 4 nitrogen and oxygen atoms in total. The molecule has 3 N–H and O–H groups in total. The van der Waals surface area contributed by atoms with Crippen molar-refractivity contribution in [1.29, 1.82) is 0 Å². The van der Waals surface area contributed by atoms with Crippen molar-refractivity contribution in [3.8, 4) is 0 Å². The van der Waals surface area contributed by atoms with Gasteiger partial charge in [0.1, 0.15) is 0 Å². The van der Waals surface area contributed by atoms with Gasteiger partial charge in [-0.25, -0.2) is 0 Å². The lowest BCUT2D eigenvalue weighted by Gasteiger charge is -2.07. The predicted molar refractivity (Wildman–Crippen MR) is 73.9 cm³/mol. The van der Waals surface area contributed by atoms with Crippen LogP contribution in [0.25, 0.3) is 0 Å². The summed E-state index contributed by atoms with van der Waals surface area (Å²) in [7, 11) is 0. The largest absolute Gasteiger partial charge is 0.339 e. The maximum absolute atomic E-state index is 5.52. The van der Waals surface area contributed by atoms with Crippen LogP contribution in [0.15, 0.2) is 36.4 Å². The first-order valence-corrected chi connectivity index (χ1v) is 6.14. The van der Waals surface area contributed by atoms with E-state index in [9.17, 15) is 0 Å². The minimum Gasteiger partial charge on any atom is -0.339 e. The normalized spacial score (nSPS) is 10.3.